The number of hydrogen-bond acceptors (Lipinski definition) is 7. The molecule has 1 aromatic rings. The van der Waals surface area contributed by atoms with Crippen molar-refractivity contribution in [1.82, 2.24) is 10.0 Å². The summed E-state index contributed by atoms with van der Waals surface area (Å²) in [4.78, 5) is 43.9. The van der Waals surface area contributed by atoms with Gasteiger partial charge in [0.15, 0.2) is 5.78 Å². The van der Waals surface area contributed by atoms with Gasteiger partial charge < -0.3 is 4.84 Å². The van der Waals surface area contributed by atoms with Crippen molar-refractivity contribution in [3.05, 3.63) is 34.1 Å². The maximum Gasteiger partial charge on any atom is 0.330 e. The zero-order chi connectivity index (χ0) is 17.9. The van der Waals surface area contributed by atoms with Crippen LogP contribution in [-0.4, -0.2) is 39.8 Å². The molecule has 1 saturated heterocycles. The van der Waals surface area contributed by atoms with Gasteiger partial charge in [0, 0.05) is 25.2 Å². The van der Waals surface area contributed by atoms with Gasteiger partial charge in [0.25, 0.3) is 5.69 Å². The summed E-state index contributed by atoms with van der Waals surface area (Å²) in [5.41, 5.74) is -0.783. The van der Waals surface area contributed by atoms with E-state index in [2.05, 4.69) is 4.98 Å². The lowest BCUT2D eigenvalue weighted by atomic mass is 9.89. The Balaban J connectivity index is 1.99. The lowest BCUT2D eigenvalue weighted by Gasteiger charge is -2.31. The molecule has 1 aliphatic heterocycles. The fourth-order valence-corrected chi connectivity index (χ4v) is 2.42. The van der Waals surface area contributed by atoms with E-state index in [-0.39, 0.29) is 28.9 Å². The Morgan fingerprint density at radius 1 is 1.33 bits per heavy atom. The van der Waals surface area contributed by atoms with Crippen molar-refractivity contribution < 1.29 is 19.3 Å². The summed E-state index contributed by atoms with van der Waals surface area (Å²) in [5.74, 6) is -0.904. The average Bonchev–Trinajstić information content (AvgIpc) is 2.54. The zero-order valence-corrected chi connectivity index (χ0v) is 14.0. The lowest BCUT2D eigenvalue weighted by Crippen LogP contribution is -2.40. The van der Waals surface area contributed by atoms with Gasteiger partial charge >= 0.3 is 5.97 Å². The number of rotatable bonds is 4. The maximum absolute atomic E-state index is 12.6. The maximum atomic E-state index is 12.6. The summed E-state index contributed by atoms with van der Waals surface area (Å²) in [7, 11) is 0. The monoisotopic (exact) mass is 335 g/mol. The van der Waals surface area contributed by atoms with Gasteiger partial charge in [-0.05, 0) is 39.7 Å². The minimum Gasteiger partial charge on any atom is -0.367 e. The third kappa shape index (κ3) is 4.14. The summed E-state index contributed by atoms with van der Waals surface area (Å²) in [6, 6.07) is 1.38. The van der Waals surface area contributed by atoms with Gasteiger partial charge in [-0.25, -0.2) is 4.79 Å². The Morgan fingerprint density at radius 3 is 2.50 bits per heavy atom. The summed E-state index contributed by atoms with van der Waals surface area (Å²) < 4.78 is 0. The Hall–Kier alpha value is -2.35. The van der Waals surface area contributed by atoms with Crippen molar-refractivity contribution in [2.75, 3.05) is 13.1 Å². The molecule has 2 rings (SSSR count). The smallest absolute Gasteiger partial charge is 0.330 e. The van der Waals surface area contributed by atoms with E-state index in [1.54, 1.807) is 25.8 Å². The SMILES string of the molecule is CC(C)(C)C(=O)ON1CCC(C(=O)c2ccncc2[N+](=O)[O-])CC1. The van der Waals surface area contributed by atoms with E-state index in [1.165, 1.54) is 12.3 Å². The van der Waals surface area contributed by atoms with Gasteiger partial charge in [0.2, 0.25) is 0 Å². The second-order valence-corrected chi connectivity index (χ2v) is 6.85. The molecule has 8 heteroatoms. The standard InChI is InChI=1S/C16H21N3O5/c1-16(2,3)15(21)24-18-8-5-11(6-9-18)14(20)12-4-7-17-10-13(12)19(22)23/h4,7,10-11H,5-6,8-9H2,1-3H3. The molecular formula is C16H21N3O5. The van der Waals surface area contributed by atoms with Crippen LogP contribution in [-0.2, 0) is 9.63 Å². The first-order valence-corrected chi connectivity index (χ1v) is 7.80. The molecule has 0 saturated carbocycles. The Morgan fingerprint density at radius 2 is 1.96 bits per heavy atom. The lowest BCUT2D eigenvalue weighted by molar-refractivity contribution is -0.385. The fraction of sp³-hybridized carbons (Fsp3) is 0.562. The van der Waals surface area contributed by atoms with Crippen molar-refractivity contribution in [3.8, 4) is 0 Å². The third-order valence-corrected chi connectivity index (χ3v) is 3.91. The quantitative estimate of drug-likeness (QED) is 0.473. The molecule has 0 amide bonds. The Labute approximate surface area is 139 Å². The highest BCUT2D eigenvalue weighted by atomic mass is 16.7. The van der Waals surface area contributed by atoms with E-state index in [0.717, 1.165) is 6.20 Å². The number of Topliss-reactive ketones (excluding diaryl/α,β-unsaturated/α-hetero) is 1. The number of carbonyl (C=O) groups is 2. The van der Waals surface area contributed by atoms with Gasteiger partial charge in [-0.3, -0.25) is 19.9 Å². The molecule has 2 heterocycles. The summed E-state index contributed by atoms with van der Waals surface area (Å²) in [6.45, 7) is 6.17. The van der Waals surface area contributed by atoms with E-state index < -0.39 is 10.3 Å². The van der Waals surface area contributed by atoms with Crippen LogP contribution >= 0.6 is 0 Å². The van der Waals surface area contributed by atoms with Gasteiger partial charge in [-0.2, -0.15) is 0 Å². The number of nitro groups is 1. The van der Waals surface area contributed by atoms with E-state index in [0.29, 0.717) is 25.9 Å². The topological polar surface area (TPSA) is 103 Å². The van der Waals surface area contributed by atoms with Gasteiger partial charge in [0.05, 0.1) is 15.9 Å². The number of pyridine rings is 1. The molecule has 0 unspecified atom stereocenters. The average molecular weight is 335 g/mol. The second-order valence-electron chi connectivity index (χ2n) is 6.85. The van der Waals surface area contributed by atoms with Crippen LogP contribution in [0.5, 0.6) is 0 Å². The van der Waals surface area contributed by atoms with Crippen LogP contribution in [0, 0.1) is 21.4 Å². The molecule has 0 aliphatic carbocycles. The van der Waals surface area contributed by atoms with E-state index in [4.69, 9.17) is 4.84 Å². The first kappa shape index (κ1) is 18.0. The number of nitrogens with zero attached hydrogens (tertiary/aromatic N) is 3. The van der Waals surface area contributed by atoms with Crippen LogP contribution in [0.3, 0.4) is 0 Å². The van der Waals surface area contributed by atoms with Crippen LogP contribution in [0.25, 0.3) is 0 Å². The number of hydrogen-bond donors (Lipinski definition) is 0. The Bertz CT molecular complexity index is 645. The van der Waals surface area contributed by atoms with Gasteiger partial charge in [-0.1, -0.05) is 0 Å². The minimum absolute atomic E-state index is 0.0835. The molecule has 8 nitrogen and oxygen atoms in total. The summed E-state index contributed by atoms with van der Waals surface area (Å²) in [5, 5.41) is 12.6. The molecule has 0 aromatic carbocycles. The number of carbonyl (C=O) groups excluding carboxylic acids is 2. The largest absolute Gasteiger partial charge is 0.367 e. The van der Waals surface area contributed by atoms with Crippen LogP contribution in [0.4, 0.5) is 5.69 Å². The predicted octanol–water partition coefficient (Wildman–Crippen LogP) is 2.39. The number of aromatic nitrogens is 1. The first-order chi connectivity index (χ1) is 11.2. The van der Waals surface area contributed by atoms with Gasteiger partial charge in [0.1, 0.15) is 6.20 Å². The number of ketones is 1. The fourth-order valence-electron chi connectivity index (χ4n) is 2.42. The normalized spacial score (nSPS) is 16.6. The second kappa shape index (κ2) is 7.04. The molecule has 0 N–H and O–H groups in total. The van der Waals surface area contributed by atoms with Crippen molar-refractivity contribution in [2.45, 2.75) is 33.6 Å². The van der Waals surface area contributed by atoms with Gasteiger partial charge in [-0.15, -0.1) is 5.06 Å². The number of piperidine rings is 1. The first-order valence-electron chi connectivity index (χ1n) is 7.80. The third-order valence-electron chi connectivity index (χ3n) is 3.91. The van der Waals surface area contributed by atoms with Crippen molar-refractivity contribution >= 4 is 17.4 Å². The molecular weight excluding hydrogens is 314 g/mol. The minimum atomic E-state index is -0.597. The van der Waals surface area contributed by atoms with Crippen molar-refractivity contribution in [2.24, 2.45) is 11.3 Å². The van der Waals surface area contributed by atoms with E-state index >= 15 is 0 Å². The van der Waals surface area contributed by atoms with Crippen LogP contribution < -0.4 is 0 Å². The molecule has 1 aromatic heterocycles. The molecule has 24 heavy (non-hydrogen) atoms. The Kier molecular flexibility index (Phi) is 5.28. The molecule has 130 valence electrons. The predicted molar refractivity (Wildman–Crippen MR) is 85.1 cm³/mol. The molecule has 1 fully saturated rings. The molecule has 1 aliphatic rings. The molecule has 0 bridgehead atoms. The summed E-state index contributed by atoms with van der Waals surface area (Å²) in [6.07, 6.45) is 3.43. The highest BCUT2D eigenvalue weighted by Crippen LogP contribution is 2.27. The highest BCUT2D eigenvalue weighted by Gasteiger charge is 2.32. The van der Waals surface area contributed by atoms with E-state index in [9.17, 15) is 19.7 Å². The molecule has 0 spiro atoms. The zero-order valence-electron chi connectivity index (χ0n) is 14.0. The van der Waals surface area contributed by atoms with Crippen LogP contribution in [0.2, 0.25) is 0 Å². The number of hydroxylamine groups is 2. The molecule has 0 atom stereocenters. The summed E-state index contributed by atoms with van der Waals surface area (Å²) >= 11 is 0. The molecule has 0 radical (unpaired) electrons. The van der Waals surface area contributed by atoms with Crippen molar-refractivity contribution in [1.29, 1.82) is 0 Å². The van der Waals surface area contributed by atoms with Crippen molar-refractivity contribution in [3.63, 3.8) is 0 Å². The highest BCUT2D eigenvalue weighted by molar-refractivity contribution is 6.01. The van der Waals surface area contributed by atoms with E-state index in [1.807, 2.05) is 0 Å². The van der Waals surface area contributed by atoms with Crippen LogP contribution in [0.1, 0.15) is 44.0 Å². The van der Waals surface area contributed by atoms with Crippen LogP contribution in [0.15, 0.2) is 18.5 Å².